The predicted octanol–water partition coefficient (Wildman–Crippen LogP) is 3.25. The second kappa shape index (κ2) is 6.49. The molecule has 0 spiro atoms. The Hall–Kier alpha value is -3.13. The summed E-state index contributed by atoms with van der Waals surface area (Å²) in [5.41, 5.74) is 2.65. The van der Waals surface area contributed by atoms with Crippen LogP contribution in [0, 0.1) is 0 Å². The fourth-order valence-corrected chi connectivity index (χ4v) is 3.74. The zero-order valence-corrected chi connectivity index (χ0v) is 16.4. The van der Waals surface area contributed by atoms with Crippen molar-refractivity contribution in [3.63, 3.8) is 0 Å². The van der Waals surface area contributed by atoms with Crippen LogP contribution in [0.25, 0.3) is 33.4 Å². The van der Waals surface area contributed by atoms with E-state index < -0.39 is 10.1 Å². The number of nitrogens with zero attached hydrogens (tertiary/aromatic N) is 2. The molecule has 144 valence electrons. The molecule has 0 aliphatic heterocycles. The highest BCUT2D eigenvalue weighted by atomic mass is 32.2. The van der Waals surface area contributed by atoms with Gasteiger partial charge < -0.3 is 13.2 Å². The quantitative estimate of drug-likeness (QED) is 0.490. The molecule has 0 saturated carbocycles. The first-order valence-corrected chi connectivity index (χ1v) is 10.5. The van der Waals surface area contributed by atoms with E-state index in [-0.39, 0.29) is 16.8 Å². The molecular weight excluding hydrogens is 380 g/mol. The minimum absolute atomic E-state index is 0.163. The highest BCUT2D eigenvalue weighted by Gasteiger charge is 2.18. The van der Waals surface area contributed by atoms with Crippen LogP contribution in [-0.4, -0.2) is 24.2 Å². The van der Waals surface area contributed by atoms with Gasteiger partial charge in [0.25, 0.3) is 0 Å². The SMILES string of the molecule is CCc1cc2c(=O)c(-c3nc4ccccc4n3C)coc2cc1OS(C)(=O)=O. The number of rotatable bonds is 4. The van der Waals surface area contributed by atoms with Crippen LogP contribution >= 0.6 is 0 Å². The molecule has 7 nitrogen and oxygen atoms in total. The van der Waals surface area contributed by atoms with E-state index in [2.05, 4.69) is 4.98 Å². The third kappa shape index (κ3) is 3.05. The minimum Gasteiger partial charge on any atom is -0.463 e. The number of para-hydroxylation sites is 2. The molecule has 0 saturated heterocycles. The van der Waals surface area contributed by atoms with Crippen LogP contribution in [0.5, 0.6) is 5.75 Å². The topological polar surface area (TPSA) is 91.4 Å². The molecule has 0 amide bonds. The lowest BCUT2D eigenvalue weighted by Gasteiger charge is -2.10. The normalized spacial score (nSPS) is 12.0. The Bertz CT molecular complexity index is 1380. The molecule has 0 unspecified atom stereocenters. The Morgan fingerprint density at radius 1 is 1.21 bits per heavy atom. The van der Waals surface area contributed by atoms with Gasteiger partial charge in [0.1, 0.15) is 29.0 Å². The van der Waals surface area contributed by atoms with Crippen molar-refractivity contribution < 1.29 is 17.0 Å². The summed E-state index contributed by atoms with van der Waals surface area (Å²) < 4.78 is 35.6. The maximum absolute atomic E-state index is 13.2. The van der Waals surface area contributed by atoms with E-state index in [9.17, 15) is 13.2 Å². The molecule has 28 heavy (non-hydrogen) atoms. The summed E-state index contributed by atoms with van der Waals surface area (Å²) in [6.07, 6.45) is 2.82. The van der Waals surface area contributed by atoms with Crippen molar-refractivity contribution in [1.29, 1.82) is 0 Å². The molecule has 4 rings (SSSR count). The van der Waals surface area contributed by atoms with Gasteiger partial charge in [0.15, 0.2) is 0 Å². The van der Waals surface area contributed by atoms with Crippen molar-refractivity contribution >= 4 is 32.1 Å². The second-order valence-corrected chi connectivity index (χ2v) is 8.13. The molecular formula is C20H18N2O5S. The Kier molecular flexibility index (Phi) is 4.23. The maximum Gasteiger partial charge on any atom is 0.306 e. The standard InChI is InChI=1S/C20H18N2O5S/c1-4-12-9-13-18(10-17(12)27-28(3,24)25)26-11-14(19(13)23)20-21-15-7-5-6-8-16(15)22(20)2/h5-11H,4H2,1-3H3. The third-order valence-electron chi connectivity index (χ3n) is 4.61. The van der Waals surface area contributed by atoms with E-state index >= 15 is 0 Å². The Morgan fingerprint density at radius 3 is 2.64 bits per heavy atom. The summed E-state index contributed by atoms with van der Waals surface area (Å²) in [5, 5.41) is 0.349. The number of imidazole rings is 1. The highest BCUT2D eigenvalue weighted by molar-refractivity contribution is 7.86. The van der Waals surface area contributed by atoms with Gasteiger partial charge in [0.05, 0.1) is 22.7 Å². The van der Waals surface area contributed by atoms with Gasteiger partial charge in [0.2, 0.25) is 5.43 Å². The van der Waals surface area contributed by atoms with Gasteiger partial charge >= 0.3 is 10.1 Å². The molecule has 0 bridgehead atoms. The first kappa shape index (κ1) is 18.2. The average molecular weight is 398 g/mol. The van der Waals surface area contributed by atoms with Crippen molar-refractivity contribution in [1.82, 2.24) is 9.55 Å². The summed E-state index contributed by atoms with van der Waals surface area (Å²) in [6, 6.07) is 10.7. The van der Waals surface area contributed by atoms with Crippen molar-refractivity contribution in [2.75, 3.05) is 6.26 Å². The minimum atomic E-state index is -3.69. The number of fused-ring (bicyclic) bond motifs is 2. The lowest BCUT2D eigenvalue weighted by Crippen LogP contribution is -2.10. The van der Waals surface area contributed by atoms with E-state index in [0.29, 0.717) is 28.8 Å². The molecule has 2 aromatic heterocycles. The van der Waals surface area contributed by atoms with E-state index in [1.54, 1.807) is 6.07 Å². The van der Waals surface area contributed by atoms with Crippen molar-refractivity contribution in [3.8, 4) is 17.1 Å². The fourth-order valence-electron chi connectivity index (χ4n) is 3.26. The van der Waals surface area contributed by atoms with E-state index in [0.717, 1.165) is 17.3 Å². The van der Waals surface area contributed by atoms with Crippen molar-refractivity contribution in [2.24, 2.45) is 7.05 Å². The van der Waals surface area contributed by atoms with Gasteiger partial charge in [-0.1, -0.05) is 19.1 Å². The van der Waals surface area contributed by atoms with Crippen LogP contribution < -0.4 is 9.61 Å². The van der Waals surface area contributed by atoms with Crippen LogP contribution in [0.4, 0.5) is 0 Å². The lowest BCUT2D eigenvalue weighted by molar-refractivity contribution is 0.489. The fraction of sp³-hybridized carbons (Fsp3) is 0.200. The highest BCUT2D eigenvalue weighted by Crippen LogP contribution is 2.29. The van der Waals surface area contributed by atoms with E-state index in [4.69, 9.17) is 8.60 Å². The summed E-state index contributed by atoms with van der Waals surface area (Å²) in [4.78, 5) is 17.7. The molecule has 0 aliphatic carbocycles. The number of aromatic nitrogens is 2. The Labute approximate surface area is 161 Å². The summed E-state index contributed by atoms with van der Waals surface area (Å²) in [5.74, 6) is 0.669. The van der Waals surface area contributed by atoms with Crippen molar-refractivity contribution in [2.45, 2.75) is 13.3 Å². The molecule has 0 fully saturated rings. The molecule has 2 heterocycles. The molecule has 0 radical (unpaired) electrons. The Balaban J connectivity index is 1.95. The summed E-state index contributed by atoms with van der Waals surface area (Å²) in [7, 11) is -1.85. The third-order valence-corrected chi connectivity index (χ3v) is 5.09. The van der Waals surface area contributed by atoms with Crippen LogP contribution in [0.3, 0.4) is 0 Å². The van der Waals surface area contributed by atoms with Gasteiger partial charge in [-0.25, -0.2) is 4.98 Å². The number of aryl methyl sites for hydroxylation is 2. The summed E-state index contributed by atoms with van der Waals surface area (Å²) in [6.45, 7) is 1.85. The van der Waals surface area contributed by atoms with Crippen molar-refractivity contribution in [3.05, 3.63) is 58.4 Å². The molecule has 2 aromatic carbocycles. The van der Waals surface area contributed by atoms with E-state index in [1.807, 2.05) is 42.8 Å². The van der Waals surface area contributed by atoms with Crippen LogP contribution in [0.15, 0.2) is 51.9 Å². The number of hydrogen-bond acceptors (Lipinski definition) is 6. The largest absolute Gasteiger partial charge is 0.463 e. The van der Waals surface area contributed by atoms with Crippen LogP contribution in [0.2, 0.25) is 0 Å². The number of benzene rings is 2. The predicted molar refractivity (Wildman–Crippen MR) is 107 cm³/mol. The zero-order chi connectivity index (χ0) is 20.1. The van der Waals surface area contributed by atoms with Crippen LogP contribution in [-0.2, 0) is 23.6 Å². The monoisotopic (exact) mass is 398 g/mol. The molecule has 0 atom stereocenters. The number of hydrogen-bond donors (Lipinski definition) is 0. The molecule has 0 aliphatic rings. The zero-order valence-electron chi connectivity index (χ0n) is 15.6. The maximum atomic E-state index is 13.2. The molecule has 0 N–H and O–H groups in total. The van der Waals surface area contributed by atoms with Gasteiger partial charge in [-0.2, -0.15) is 8.42 Å². The Morgan fingerprint density at radius 2 is 1.96 bits per heavy atom. The van der Waals surface area contributed by atoms with E-state index in [1.165, 1.54) is 12.3 Å². The van der Waals surface area contributed by atoms with Gasteiger partial charge in [0, 0.05) is 13.1 Å². The van der Waals surface area contributed by atoms with Gasteiger partial charge in [-0.15, -0.1) is 0 Å². The molecule has 8 heteroatoms. The average Bonchev–Trinajstić information content (AvgIpc) is 2.97. The second-order valence-electron chi connectivity index (χ2n) is 6.56. The smallest absolute Gasteiger partial charge is 0.306 e. The lowest BCUT2D eigenvalue weighted by atomic mass is 10.1. The first-order valence-electron chi connectivity index (χ1n) is 8.68. The first-order chi connectivity index (χ1) is 13.3. The molecule has 4 aromatic rings. The van der Waals surface area contributed by atoms with Gasteiger partial charge in [-0.3, -0.25) is 4.79 Å². The summed E-state index contributed by atoms with van der Waals surface area (Å²) >= 11 is 0. The van der Waals surface area contributed by atoms with Crippen LogP contribution in [0.1, 0.15) is 12.5 Å². The van der Waals surface area contributed by atoms with Gasteiger partial charge in [-0.05, 0) is 30.2 Å².